The summed E-state index contributed by atoms with van der Waals surface area (Å²) >= 11 is 1.58. The number of nitrogens with zero attached hydrogens (tertiary/aromatic N) is 4. The Balaban J connectivity index is 1.82. The molecule has 118 valence electrons. The van der Waals surface area contributed by atoms with Crippen molar-refractivity contribution in [2.75, 3.05) is 13.1 Å². The number of carbonyl (C=O) groups is 1. The van der Waals surface area contributed by atoms with Gasteiger partial charge in [0.05, 0.1) is 17.8 Å². The van der Waals surface area contributed by atoms with E-state index in [9.17, 15) is 4.79 Å². The van der Waals surface area contributed by atoms with Gasteiger partial charge in [0.1, 0.15) is 0 Å². The van der Waals surface area contributed by atoms with Gasteiger partial charge in [0.2, 0.25) is 11.0 Å². The Morgan fingerprint density at radius 2 is 1.95 bits per heavy atom. The van der Waals surface area contributed by atoms with Crippen LogP contribution < -0.4 is 0 Å². The summed E-state index contributed by atoms with van der Waals surface area (Å²) in [6.07, 6.45) is 3.94. The van der Waals surface area contributed by atoms with Gasteiger partial charge in [-0.25, -0.2) is 9.67 Å². The number of carbonyl (C=O) groups excluding carboxylic acids is 1. The fraction of sp³-hybridized carbons (Fsp3) is 0.562. The molecule has 2 aromatic rings. The molecule has 0 spiro atoms. The molecular weight excluding hydrogens is 296 g/mol. The highest BCUT2D eigenvalue weighted by atomic mass is 32.1. The van der Waals surface area contributed by atoms with Gasteiger partial charge in [-0.05, 0) is 40.0 Å². The molecule has 6 heteroatoms. The zero-order valence-electron chi connectivity index (χ0n) is 13.4. The highest BCUT2D eigenvalue weighted by Gasteiger charge is 2.21. The summed E-state index contributed by atoms with van der Waals surface area (Å²) in [5.41, 5.74) is 4.00. The molecule has 1 saturated heterocycles. The first kappa shape index (κ1) is 15.2. The van der Waals surface area contributed by atoms with Gasteiger partial charge in [-0.1, -0.05) is 0 Å². The highest BCUT2D eigenvalue weighted by Crippen LogP contribution is 2.22. The summed E-state index contributed by atoms with van der Waals surface area (Å²) in [6.45, 7) is 7.78. The number of likely N-dealkylation sites (tertiary alicyclic amines) is 1. The van der Waals surface area contributed by atoms with Crippen molar-refractivity contribution in [3.8, 4) is 5.13 Å². The highest BCUT2D eigenvalue weighted by molar-refractivity contribution is 7.12. The third-order valence-corrected chi connectivity index (χ3v) is 5.20. The first-order valence-corrected chi connectivity index (χ1v) is 8.69. The van der Waals surface area contributed by atoms with Gasteiger partial charge in [-0.2, -0.15) is 5.10 Å². The van der Waals surface area contributed by atoms with E-state index in [1.54, 1.807) is 11.3 Å². The molecule has 5 nitrogen and oxygen atoms in total. The number of amides is 1. The molecule has 1 aliphatic rings. The maximum absolute atomic E-state index is 12.5. The lowest BCUT2D eigenvalue weighted by Gasteiger charge is -2.26. The molecule has 0 aromatic carbocycles. The Bertz CT molecular complexity index is 682. The average molecular weight is 318 g/mol. The normalized spacial score (nSPS) is 15.3. The Hall–Kier alpha value is -1.69. The molecule has 1 amide bonds. The van der Waals surface area contributed by atoms with E-state index in [2.05, 4.69) is 10.1 Å². The Labute approximate surface area is 135 Å². The van der Waals surface area contributed by atoms with Gasteiger partial charge in [-0.15, -0.1) is 11.3 Å². The second kappa shape index (κ2) is 6.20. The van der Waals surface area contributed by atoms with Crippen LogP contribution in [0.1, 0.15) is 41.9 Å². The van der Waals surface area contributed by atoms with Gasteiger partial charge < -0.3 is 4.90 Å². The number of piperidine rings is 1. The van der Waals surface area contributed by atoms with E-state index in [0.29, 0.717) is 6.42 Å². The number of aryl methyl sites for hydroxylation is 2. The lowest BCUT2D eigenvalue weighted by Crippen LogP contribution is -2.36. The van der Waals surface area contributed by atoms with Gasteiger partial charge in [-0.3, -0.25) is 4.79 Å². The van der Waals surface area contributed by atoms with E-state index in [0.717, 1.165) is 53.7 Å². The molecule has 1 fully saturated rings. The van der Waals surface area contributed by atoms with Gasteiger partial charge in [0, 0.05) is 29.7 Å². The topological polar surface area (TPSA) is 51.0 Å². The Morgan fingerprint density at radius 1 is 1.23 bits per heavy atom. The minimum Gasteiger partial charge on any atom is -0.342 e. The minimum atomic E-state index is 0.223. The lowest BCUT2D eigenvalue weighted by atomic mass is 10.1. The SMILES string of the molecule is Cc1csc(-n2nc(C)c(CC(=O)N3CCCCC3)c2C)n1. The molecule has 0 aliphatic carbocycles. The van der Waals surface area contributed by atoms with Crippen LogP contribution in [-0.2, 0) is 11.2 Å². The molecule has 0 saturated carbocycles. The second-order valence-corrected chi connectivity index (χ2v) is 6.79. The van der Waals surface area contributed by atoms with Crippen molar-refractivity contribution in [1.29, 1.82) is 0 Å². The van der Waals surface area contributed by atoms with Crippen LogP contribution >= 0.6 is 11.3 Å². The van der Waals surface area contributed by atoms with Crippen molar-refractivity contribution < 1.29 is 4.79 Å². The number of hydrogen-bond acceptors (Lipinski definition) is 4. The predicted octanol–water partition coefficient (Wildman–Crippen LogP) is 2.81. The van der Waals surface area contributed by atoms with Crippen LogP contribution in [0.2, 0.25) is 0 Å². The van der Waals surface area contributed by atoms with Crippen LogP contribution in [-0.4, -0.2) is 38.7 Å². The molecule has 1 aliphatic heterocycles. The molecule has 2 aromatic heterocycles. The molecule has 0 radical (unpaired) electrons. The van der Waals surface area contributed by atoms with Crippen molar-refractivity contribution >= 4 is 17.2 Å². The van der Waals surface area contributed by atoms with Crippen LogP contribution in [0, 0.1) is 20.8 Å². The average Bonchev–Trinajstić information content (AvgIpc) is 3.06. The molecule has 0 atom stereocenters. The zero-order valence-corrected chi connectivity index (χ0v) is 14.2. The predicted molar refractivity (Wildman–Crippen MR) is 87.6 cm³/mol. The van der Waals surface area contributed by atoms with Gasteiger partial charge >= 0.3 is 0 Å². The largest absolute Gasteiger partial charge is 0.342 e. The van der Waals surface area contributed by atoms with Gasteiger partial charge in [0.25, 0.3) is 0 Å². The van der Waals surface area contributed by atoms with Crippen LogP contribution in [0.3, 0.4) is 0 Å². The summed E-state index contributed by atoms with van der Waals surface area (Å²) in [5, 5.41) is 7.47. The van der Waals surface area contributed by atoms with E-state index in [1.807, 2.05) is 35.7 Å². The molecule has 3 heterocycles. The number of thiazole rings is 1. The molecule has 0 N–H and O–H groups in total. The van der Waals surface area contributed by atoms with Crippen molar-refractivity contribution in [3.05, 3.63) is 28.0 Å². The van der Waals surface area contributed by atoms with Crippen LogP contribution in [0.4, 0.5) is 0 Å². The maximum atomic E-state index is 12.5. The number of aromatic nitrogens is 3. The summed E-state index contributed by atoms with van der Waals surface area (Å²) in [6, 6.07) is 0. The van der Waals surface area contributed by atoms with Crippen LogP contribution in [0.25, 0.3) is 5.13 Å². The third-order valence-electron chi connectivity index (χ3n) is 4.27. The quantitative estimate of drug-likeness (QED) is 0.874. The van der Waals surface area contributed by atoms with Crippen LogP contribution in [0.5, 0.6) is 0 Å². The maximum Gasteiger partial charge on any atom is 0.227 e. The summed E-state index contributed by atoms with van der Waals surface area (Å²) < 4.78 is 1.87. The van der Waals surface area contributed by atoms with Crippen molar-refractivity contribution in [1.82, 2.24) is 19.7 Å². The van der Waals surface area contributed by atoms with Crippen molar-refractivity contribution in [3.63, 3.8) is 0 Å². The lowest BCUT2D eigenvalue weighted by molar-refractivity contribution is -0.131. The van der Waals surface area contributed by atoms with Gasteiger partial charge in [0.15, 0.2) is 0 Å². The molecule has 0 unspecified atom stereocenters. The smallest absolute Gasteiger partial charge is 0.227 e. The molecular formula is C16H22N4OS. The summed E-state index contributed by atoms with van der Waals surface area (Å²) in [5.74, 6) is 0.223. The Morgan fingerprint density at radius 3 is 2.59 bits per heavy atom. The Kier molecular flexibility index (Phi) is 4.29. The monoisotopic (exact) mass is 318 g/mol. The van der Waals surface area contributed by atoms with E-state index in [-0.39, 0.29) is 5.91 Å². The van der Waals surface area contributed by atoms with Crippen LogP contribution in [0.15, 0.2) is 5.38 Å². The molecule has 22 heavy (non-hydrogen) atoms. The fourth-order valence-electron chi connectivity index (χ4n) is 2.96. The van der Waals surface area contributed by atoms with E-state index in [1.165, 1.54) is 6.42 Å². The van der Waals surface area contributed by atoms with E-state index >= 15 is 0 Å². The summed E-state index contributed by atoms with van der Waals surface area (Å²) in [4.78, 5) is 19.0. The summed E-state index contributed by atoms with van der Waals surface area (Å²) in [7, 11) is 0. The standard InChI is InChI=1S/C16H22N4OS/c1-11-10-22-16(17-11)20-13(3)14(12(2)18-20)9-15(21)19-7-5-4-6-8-19/h10H,4-9H2,1-3H3. The van der Waals surface area contributed by atoms with E-state index < -0.39 is 0 Å². The second-order valence-electron chi connectivity index (χ2n) is 5.95. The number of hydrogen-bond donors (Lipinski definition) is 0. The molecule has 0 bridgehead atoms. The van der Waals surface area contributed by atoms with Crippen molar-refractivity contribution in [2.24, 2.45) is 0 Å². The zero-order chi connectivity index (χ0) is 15.7. The third kappa shape index (κ3) is 2.92. The molecule has 3 rings (SSSR count). The van der Waals surface area contributed by atoms with E-state index in [4.69, 9.17) is 0 Å². The van der Waals surface area contributed by atoms with Crippen molar-refractivity contribution in [2.45, 2.75) is 46.5 Å². The minimum absolute atomic E-state index is 0.223. The fourth-order valence-corrected chi connectivity index (χ4v) is 3.77. The first-order valence-electron chi connectivity index (χ1n) is 7.81. The first-order chi connectivity index (χ1) is 10.6. The number of rotatable bonds is 3.